The van der Waals surface area contributed by atoms with Crippen molar-refractivity contribution in [3.63, 3.8) is 0 Å². The first kappa shape index (κ1) is 22.3. The van der Waals surface area contributed by atoms with E-state index in [4.69, 9.17) is 4.74 Å². The van der Waals surface area contributed by atoms with Crippen molar-refractivity contribution in [2.45, 2.75) is 31.7 Å². The number of amides is 2. The van der Waals surface area contributed by atoms with Crippen molar-refractivity contribution >= 4 is 21.8 Å². The van der Waals surface area contributed by atoms with Gasteiger partial charge in [0.2, 0.25) is 15.9 Å². The fraction of sp³-hybridized carbons (Fsp3) is 0.556. The van der Waals surface area contributed by atoms with Crippen LogP contribution in [0.25, 0.3) is 0 Å². The number of hydrogen-bond donors (Lipinski definition) is 1. The lowest BCUT2D eigenvalue weighted by molar-refractivity contribution is -0.122. The van der Waals surface area contributed by atoms with Crippen LogP contribution in [0.15, 0.2) is 23.1 Å². The van der Waals surface area contributed by atoms with Gasteiger partial charge in [-0.25, -0.2) is 12.8 Å². The van der Waals surface area contributed by atoms with Crippen LogP contribution < -0.4 is 5.32 Å². The van der Waals surface area contributed by atoms with E-state index in [-0.39, 0.29) is 61.8 Å². The molecule has 0 radical (unpaired) electrons. The van der Waals surface area contributed by atoms with Crippen molar-refractivity contribution in [2.24, 2.45) is 0 Å². The largest absolute Gasteiger partial charge is 0.379 e. The van der Waals surface area contributed by atoms with E-state index in [1.165, 1.54) is 9.21 Å². The topological polar surface area (TPSA) is 96.0 Å². The number of carbonyl (C=O) groups is 2. The summed E-state index contributed by atoms with van der Waals surface area (Å²) in [6, 6.07) is 3.03. The van der Waals surface area contributed by atoms with Crippen LogP contribution in [0.2, 0.25) is 0 Å². The Bertz CT molecular complexity index is 823. The molecule has 8 nitrogen and oxygen atoms in total. The van der Waals surface area contributed by atoms with E-state index >= 15 is 0 Å². The van der Waals surface area contributed by atoms with E-state index in [1.54, 1.807) is 20.8 Å². The molecule has 1 heterocycles. The Balaban J connectivity index is 2.28. The number of halogens is 1. The van der Waals surface area contributed by atoms with Crippen LogP contribution in [0.3, 0.4) is 0 Å². The molecule has 1 N–H and O–H groups in total. The van der Waals surface area contributed by atoms with Crippen LogP contribution in [0, 0.1) is 5.82 Å². The predicted octanol–water partition coefficient (Wildman–Crippen LogP) is 0.833. The lowest BCUT2D eigenvalue weighted by Crippen LogP contribution is -2.43. The lowest BCUT2D eigenvalue weighted by atomic mass is 10.2. The van der Waals surface area contributed by atoms with Gasteiger partial charge in [0, 0.05) is 25.7 Å². The average Bonchev–Trinajstić information content (AvgIpc) is 2.66. The smallest absolute Gasteiger partial charge is 0.257 e. The minimum absolute atomic E-state index is 0.0972. The Labute approximate surface area is 164 Å². The molecular formula is C18H26FN3O5S. The number of nitrogens with zero attached hydrogens (tertiary/aromatic N) is 2. The molecular weight excluding hydrogens is 389 g/mol. The number of carbonyl (C=O) groups excluding carboxylic acids is 2. The molecule has 1 fully saturated rings. The number of likely N-dealkylation sites (N-methyl/N-ethyl adjacent to an activating group) is 1. The van der Waals surface area contributed by atoms with Crippen molar-refractivity contribution in [1.82, 2.24) is 14.5 Å². The quantitative estimate of drug-likeness (QED) is 0.712. The fourth-order valence-corrected chi connectivity index (χ4v) is 4.24. The third-order valence-corrected chi connectivity index (χ3v) is 6.12. The molecule has 1 aliphatic rings. The maximum atomic E-state index is 14.3. The Morgan fingerprint density at radius 3 is 2.50 bits per heavy atom. The number of morpholine rings is 1. The van der Waals surface area contributed by atoms with Crippen LogP contribution in [-0.2, 0) is 19.6 Å². The molecule has 1 aromatic rings. The van der Waals surface area contributed by atoms with E-state index in [0.717, 1.165) is 18.2 Å². The van der Waals surface area contributed by atoms with Gasteiger partial charge in [-0.05, 0) is 39.0 Å². The summed E-state index contributed by atoms with van der Waals surface area (Å²) in [7, 11) is -3.87. The summed E-state index contributed by atoms with van der Waals surface area (Å²) in [6.07, 6.45) is 0. The van der Waals surface area contributed by atoms with Gasteiger partial charge in [-0.15, -0.1) is 0 Å². The minimum Gasteiger partial charge on any atom is -0.379 e. The summed E-state index contributed by atoms with van der Waals surface area (Å²) < 4.78 is 46.3. The molecule has 2 amide bonds. The molecule has 156 valence electrons. The van der Waals surface area contributed by atoms with Crippen molar-refractivity contribution < 1.29 is 27.1 Å². The summed E-state index contributed by atoms with van der Waals surface area (Å²) >= 11 is 0. The average molecular weight is 415 g/mol. The predicted molar refractivity (Wildman–Crippen MR) is 101 cm³/mol. The molecule has 1 aromatic carbocycles. The van der Waals surface area contributed by atoms with Crippen LogP contribution >= 0.6 is 0 Å². The molecule has 0 saturated carbocycles. The van der Waals surface area contributed by atoms with E-state index in [1.807, 2.05) is 0 Å². The minimum atomic E-state index is -3.87. The highest BCUT2D eigenvalue weighted by atomic mass is 32.2. The highest BCUT2D eigenvalue weighted by Gasteiger charge is 2.29. The second-order valence-electron chi connectivity index (χ2n) is 6.70. The van der Waals surface area contributed by atoms with Crippen molar-refractivity contribution in [3.8, 4) is 0 Å². The molecule has 0 atom stereocenters. The van der Waals surface area contributed by atoms with Crippen LogP contribution in [0.5, 0.6) is 0 Å². The zero-order valence-corrected chi connectivity index (χ0v) is 17.1. The molecule has 28 heavy (non-hydrogen) atoms. The van der Waals surface area contributed by atoms with Crippen LogP contribution in [0.1, 0.15) is 31.1 Å². The van der Waals surface area contributed by atoms with Gasteiger partial charge in [0.05, 0.1) is 30.2 Å². The van der Waals surface area contributed by atoms with Gasteiger partial charge in [0.15, 0.2) is 0 Å². The highest BCUT2D eigenvalue weighted by molar-refractivity contribution is 7.89. The number of hydrogen-bond acceptors (Lipinski definition) is 5. The molecule has 1 aliphatic heterocycles. The van der Waals surface area contributed by atoms with Crippen molar-refractivity contribution in [1.29, 1.82) is 0 Å². The molecule has 0 aliphatic carbocycles. The Hall–Kier alpha value is -2.04. The number of rotatable bonds is 7. The summed E-state index contributed by atoms with van der Waals surface area (Å²) in [5, 5.41) is 2.67. The maximum Gasteiger partial charge on any atom is 0.257 e. The third-order valence-electron chi connectivity index (χ3n) is 4.23. The van der Waals surface area contributed by atoms with Gasteiger partial charge >= 0.3 is 0 Å². The lowest BCUT2D eigenvalue weighted by Gasteiger charge is -2.26. The number of nitrogens with one attached hydrogen (secondary N) is 1. The normalized spacial score (nSPS) is 15.5. The number of ether oxygens (including phenoxy) is 1. The van der Waals surface area contributed by atoms with E-state index in [2.05, 4.69) is 5.32 Å². The summed E-state index contributed by atoms with van der Waals surface area (Å²) in [5.74, 6) is -1.95. The first-order valence-corrected chi connectivity index (χ1v) is 10.6. The highest BCUT2D eigenvalue weighted by Crippen LogP contribution is 2.21. The zero-order chi connectivity index (χ0) is 20.9. The monoisotopic (exact) mass is 415 g/mol. The second kappa shape index (κ2) is 9.44. The van der Waals surface area contributed by atoms with Crippen molar-refractivity contribution in [2.75, 3.05) is 39.4 Å². The van der Waals surface area contributed by atoms with Gasteiger partial charge in [-0.1, -0.05) is 0 Å². The molecule has 10 heteroatoms. The molecule has 0 spiro atoms. The Kier molecular flexibility index (Phi) is 7.50. The van der Waals surface area contributed by atoms with Gasteiger partial charge in [0.1, 0.15) is 5.82 Å². The third kappa shape index (κ3) is 5.27. The van der Waals surface area contributed by atoms with Gasteiger partial charge in [-0.3, -0.25) is 9.59 Å². The van der Waals surface area contributed by atoms with Crippen LogP contribution in [0.4, 0.5) is 4.39 Å². The van der Waals surface area contributed by atoms with E-state index < -0.39 is 21.7 Å². The molecule has 2 rings (SSSR count). The maximum absolute atomic E-state index is 14.3. The fourth-order valence-electron chi connectivity index (χ4n) is 2.80. The Morgan fingerprint density at radius 1 is 1.29 bits per heavy atom. The summed E-state index contributed by atoms with van der Waals surface area (Å²) in [4.78, 5) is 25.7. The number of benzene rings is 1. The van der Waals surface area contributed by atoms with E-state index in [9.17, 15) is 22.4 Å². The molecule has 0 unspecified atom stereocenters. The van der Waals surface area contributed by atoms with E-state index in [0.29, 0.717) is 0 Å². The molecule has 0 aromatic heterocycles. The van der Waals surface area contributed by atoms with Gasteiger partial charge in [0.25, 0.3) is 5.91 Å². The molecule has 0 bridgehead atoms. The first-order chi connectivity index (χ1) is 13.2. The van der Waals surface area contributed by atoms with Gasteiger partial charge < -0.3 is 15.0 Å². The zero-order valence-electron chi connectivity index (χ0n) is 16.3. The SMILES string of the molecule is CCN(CC(=O)NC(C)C)C(=O)c1cc(S(=O)(=O)N2CCOCC2)ccc1F. The van der Waals surface area contributed by atoms with Gasteiger partial charge in [-0.2, -0.15) is 4.31 Å². The van der Waals surface area contributed by atoms with Crippen LogP contribution in [-0.4, -0.2) is 74.9 Å². The summed E-state index contributed by atoms with van der Waals surface area (Å²) in [5.41, 5.74) is -0.381. The standard InChI is InChI=1S/C18H26FN3O5S/c1-4-21(12-17(23)20-13(2)3)18(24)15-11-14(5-6-16(15)19)28(25,26)22-7-9-27-10-8-22/h5-6,11,13H,4,7-10,12H2,1-3H3,(H,20,23). The summed E-state index contributed by atoms with van der Waals surface area (Å²) in [6.45, 7) is 6.11. The second-order valence-corrected chi connectivity index (χ2v) is 8.64. The Morgan fingerprint density at radius 2 is 1.93 bits per heavy atom. The van der Waals surface area contributed by atoms with Crippen molar-refractivity contribution in [3.05, 3.63) is 29.6 Å². The number of sulfonamides is 1. The molecule has 1 saturated heterocycles. The first-order valence-electron chi connectivity index (χ1n) is 9.13.